The number of rotatable bonds is 5. The van der Waals surface area contributed by atoms with Crippen LogP contribution in [0.3, 0.4) is 0 Å². The van der Waals surface area contributed by atoms with Crippen LogP contribution in [0.2, 0.25) is 0 Å². The molecule has 0 atom stereocenters. The molecule has 3 heteroatoms. The third-order valence-corrected chi connectivity index (χ3v) is 2.76. The molecule has 98 valence electrons. The van der Waals surface area contributed by atoms with E-state index in [1.807, 2.05) is 61.5 Å². The van der Waals surface area contributed by atoms with Gasteiger partial charge in [0.15, 0.2) is 0 Å². The van der Waals surface area contributed by atoms with E-state index in [1.54, 1.807) is 7.11 Å². The van der Waals surface area contributed by atoms with E-state index >= 15 is 0 Å². The van der Waals surface area contributed by atoms with Crippen molar-refractivity contribution in [3.8, 4) is 5.75 Å². The molecule has 0 aromatic heterocycles. The van der Waals surface area contributed by atoms with E-state index in [1.165, 1.54) is 0 Å². The molecule has 0 aliphatic rings. The second-order valence-electron chi connectivity index (χ2n) is 4.17. The van der Waals surface area contributed by atoms with Crippen molar-refractivity contribution in [3.05, 3.63) is 65.7 Å². The van der Waals surface area contributed by atoms with Crippen LogP contribution < -0.4 is 4.74 Å². The Hall–Kier alpha value is -2.29. The van der Waals surface area contributed by atoms with Gasteiger partial charge in [-0.1, -0.05) is 47.6 Å². The van der Waals surface area contributed by atoms with Crippen molar-refractivity contribution in [1.29, 1.82) is 0 Å². The van der Waals surface area contributed by atoms with Crippen LogP contribution in [0.4, 0.5) is 0 Å². The smallest absolute Gasteiger partial charge is 0.142 e. The standard InChI is InChI=1S/C16H17NO2/c1-13(15-9-6-10-16(11-15)18-2)17-19-12-14-7-4-3-5-8-14/h3-11H,12H2,1-2H3/b17-13+. The van der Waals surface area contributed by atoms with Crippen molar-refractivity contribution in [2.24, 2.45) is 5.16 Å². The first-order valence-corrected chi connectivity index (χ1v) is 6.14. The number of ether oxygens (including phenoxy) is 1. The molecule has 0 N–H and O–H groups in total. The Morgan fingerprint density at radius 2 is 1.84 bits per heavy atom. The minimum Gasteiger partial charge on any atom is -0.497 e. The van der Waals surface area contributed by atoms with E-state index in [4.69, 9.17) is 9.57 Å². The lowest BCUT2D eigenvalue weighted by Crippen LogP contribution is -1.97. The zero-order valence-corrected chi connectivity index (χ0v) is 11.2. The van der Waals surface area contributed by atoms with Crippen LogP contribution in [-0.2, 0) is 11.4 Å². The molecule has 0 aliphatic carbocycles. The molecule has 19 heavy (non-hydrogen) atoms. The number of methoxy groups -OCH3 is 1. The predicted molar refractivity (Wildman–Crippen MR) is 76.4 cm³/mol. The predicted octanol–water partition coefficient (Wildman–Crippen LogP) is 3.64. The number of benzene rings is 2. The Morgan fingerprint density at radius 1 is 1.05 bits per heavy atom. The van der Waals surface area contributed by atoms with Crippen LogP contribution in [0.15, 0.2) is 59.8 Å². The van der Waals surface area contributed by atoms with Gasteiger partial charge in [-0.25, -0.2) is 0 Å². The van der Waals surface area contributed by atoms with E-state index in [2.05, 4.69) is 5.16 Å². The largest absolute Gasteiger partial charge is 0.497 e. The summed E-state index contributed by atoms with van der Waals surface area (Å²) in [5.41, 5.74) is 2.92. The van der Waals surface area contributed by atoms with Crippen LogP contribution in [0.5, 0.6) is 5.75 Å². The lowest BCUT2D eigenvalue weighted by Gasteiger charge is -2.04. The van der Waals surface area contributed by atoms with Crippen molar-refractivity contribution >= 4 is 5.71 Å². The Kier molecular flexibility index (Phi) is 4.56. The molecule has 0 saturated heterocycles. The molecular formula is C16H17NO2. The van der Waals surface area contributed by atoms with Crippen molar-refractivity contribution in [2.75, 3.05) is 7.11 Å². The van der Waals surface area contributed by atoms with Crippen molar-refractivity contribution in [3.63, 3.8) is 0 Å². The van der Waals surface area contributed by atoms with Gasteiger partial charge < -0.3 is 9.57 Å². The fourth-order valence-corrected chi connectivity index (χ4v) is 1.68. The van der Waals surface area contributed by atoms with Gasteiger partial charge in [0.2, 0.25) is 0 Å². The van der Waals surface area contributed by atoms with Crippen LogP contribution in [-0.4, -0.2) is 12.8 Å². The maximum Gasteiger partial charge on any atom is 0.142 e. The first-order valence-electron chi connectivity index (χ1n) is 6.14. The van der Waals surface area contributed by atoms with Gasteiger partial charge in [-0.2, -0.15) is 0 Å². The summed E-state index contributed by atoms with van der Waals surface area (Å²) in [5, 5.41) is 4.13. The summed E-state index contributed by atoms with van der Waals surface area (Å²) < 4.78 is 5.18. The average molecular weight is 255 g/mol. The Balaban J connectivity index is 1.98. The zero-order chi connectivity index (χ0) is 13.5. The fraction of sp³-hybridized carbons (Fsp3) is 0.188. The Morgan fingerprint density at radius 3 is 2.58 bits per heavy atom. The second-order valence-corrected chi connectivity index (χ2v) is 4.17. The lowest BCUT2D eigenvalue weighted by molar-refractivity contribution is 0.130. The summed E-state index contributed by atoms with van der Waals surface area (Å²) in [6.45, 7) is 2.39. The summed E-state index contributed by atoms with van der Waals surface area (Å²) in [6, 6.07) is 17.7. The molecule has 0 radical (unpaired) electrons. The number of oxime groups is 1. The Labute approximate surface area is 113 Å². The first kappa shape index (κ1) is 13.1. The normalized spacial score (nSPS) is 11.2. The van der Waals surface area contributed by atoms with Gasteiger partial charge in [-0.05, 0) is 24.6 Å². The first-order chi connectivity index (χ1) is 9.29. The Bertz CT molecular complexity index is 550. The van der Waals surface area contributed by atoms with Crippen molar-refractivity contribution in [1.82, 2.24) is 0 Å². The fourth-order valence-electron chi connectivity index (χ4n) is 1.68. The van der Waals surface area contributed by atoms with E-state index in [0.29, 0.717) is 6.61 Å². The summed E-state index contributed by atoms with van der Waals surface area (Å²) >= 11 is 0. The van der Waals surface area contributed by atoms with Crippen molar-refractivity contribution < 1.29 is 9.57 Å². The van der Waals surface area contributed by atoms with Gasteiger partial charge in [-0.3, -0.25) is 0 Å². The molecule has 0 unspecified atom stereocenters. The molecule has 2 aromatic rings. The summed E-state index contributed by atoms with van der Waals surface area (Å²) in [6.07, 6.45) is 0. The third-order valence-electron chi connectivity index (χ3n) is 2.76. The monoisotopic (exact) mass is 255 g/mol. The van der Waals surface area contributed by atoms with Gasteiger partial charge in [-0.15, -0.1) is 0 Å². The molecule has 0 fully saturated rings. The van der Waals surface area contributed by atoms with Crippen LogP contribution in [0.25, 0.3) is 0 Å². The summed E-state index contributed by atoms with van der Waals surface area (Å²) in [5.74, 6) is 0.815. The van der Waals surface area contributed by atoms with Gasteiger partial charge in [0.05, 0.1) is 12.8 Å². The SMILES string of the molecule is COc1cccc(/C(C)=N/OCc2ccccc2)c1. The van der Waals surface area contributed by atoms with E-state index in [-0.39, 0.29) is 0 Å². The molecule has 0 bridgehead atoms. The van der Waals surface area contributed by atoms with Crippen molar-refractivity contribution in [2.45, 2.75) is 13.5 Å². The highest BCUT2D eigenvalue weighted by Gasteiger charge is 2.00. The minimum atomic E-state index is 0.474. The highest BCUT2D eigenvalue weighted by atomic mass is 16.6. The van der Waals surface area contributed by atoms with Crippen LogP contribution in [0, 0.1) is 0 Å². The minimum absolute atomic E-state index is 0.474. The maximum absolute atomic E-state index is 5.36. The molecule has 0 saturated carbocycles. The quantitative estimate of drug-likeness (QED) is 0.603. The molecule has 2 rings (SSSR count). The number of hydrogen-bond donors (Lipinski definition) is 0. The van der Waals surface area contributed by atoms with E-state index < -0.39 is 0 Å². The van der Waals surface area contributed by atoms with E-state index in [0.717, 1.165) is 22.6 Å². The molecule has 0 aliphatic heterocycles. The molecule has 0 amide bonds. The summed E-state index contributed by atoms with van der Waals surface area (Å²) in [7, 11) is 1.65. The van der Waals surface area contributed by atoms with Gasteiger partial charge in [0, 0.05) is 5.56 Å². The van der Waals surface area contributed by atoms with Gasteiger partial charge in [0.25, 0.3) is 0 Å². The summed E-state index contributed by atoms with van der Waals surface area (Å²) in [4.78, 5) is 5.36. The van der Waals surface area contributed by atoms with Crippen LogP contribution >= 0.6 is 0 Å². The zero-order valence-electron chi connectivity index (χ0n) is 11.2. The highest BCUT2D eigenvalue weighted by molar-refractivity contribution is 5.98. The number of hydrogen-bond acceptors (Lipinski definition) is 3. The van der Waals surface area contributed by atoms with Gasteiger partial charge >= 0.3 is 0 Å². The maximum atomic E-state index is 5.36. The topological polar surface area (TPSA) is 30.8 Å². The number of nitrogens with zero attached hydrogens (tertiary/aromatic N) is 1. The molecule has 2 aromatic carbocycles. The van der Waals surface area contributed by atoms with Crippen LogP contribution in [0.1, 0.15) is 18.1 Å². The third kappa shape index (κ3) is 3.85. The van der Waals surface area contributed by atoms with E-state index in [9.17, 15) is 0 Å². The molecule has 0 heterocycles. The lowest BCUT2D eigenvalue weighted by atomic mass is 10.1. The molecule has 0 spiro atoms. The highest BCUT2D eigenvalue weighted by Crippen LogP contribution is 2.13. The molecule has 3 nitrogen and oxygen atoms in total. The second kappa shape index (κ2) is 6.59. The van der Waals surface area contributed by atoms with Gasteiger partial charge in [0.1, 0.15) is 12.4 Å². The molecular weight excluding hydrogens is 238 g/mol. The average Bonchev–Trinajstić information content (AvgIpc) is 2.48.